The molecule has 1 saturated carbocycles. The molecule has 1 aliphatic carbocycles. The van der Waals surface area contributed by atoms with Crippen LogP contribution in [0.1, 0.15) is 31.2 Å². The Morgan fingerprint density at radius 3 is 2.39 bits per heavy atom. The van der Waals surface area contributed by atoms with Gasteiger partial charge in [0, 0.05) is 19.0 Å². The van der Waals surface area contributed by atoms with E-state index < -0.39 is 10.0 Å². The van der Waals surface area contributed by atoms with Gasteiger partial charge in [0.25, 0.3) is 0 Å². The van der Waals surface area contributed by atoms with Crippen molar-refractivity contribution in [2.45, 2.75) is 36.4 Å². The van der Waals surface area contributed by atoms with E-state index in [1.54, 1.807) is 24.3 Å². The fourth-order valence-electron chi connectivity index (χ4n) is 3.31. The summed E-state index contributed by atoms with van der Waals surface area (Å²) in [7, 11) is -3.48. The van der Waals surface area contributed by atoms with Gasteiger partial charge in [-0.1, -0.05) is 12.1 Å². The van der Waals surface area contributed by atoms with Crippen LogP contribution in [0.4, 0.5) is 4.39 Å². The molecule has 0 atom stereocenters. The monoisotopic (exact) mass is 488 g/mol. The third kappa shape index (κ3) is 5.85. The first-order chi connectivity index (χ1) is 13.3. The van der Waals surface area contributed by atoms with Crippen LogP contribution in [0.2, 0.25) is 0 Å². The lowest BCUT2D eigenvalue weighted by Gasteiger charge is -2.27. The van der Waals surface area contributed by atoms with E-state index in [1.165, 1.54) is 23.5 Å². The largest absolute Gasteiger partial charge is 0.352 e. The lowest BCUT2D eigenvalue weighted by atomic mass is 9.81. The Morgan fingerprint density at radius 1 is 1.11 bits per heavy atom. The first-order valence-electron chi connectivity index (χ1n) is 9.10. The third-order valence-corrected chi connectivity index (χ3v) is 8.51. The number of nitrogens with one attached hydrogen (secondary N) is 2. The normalized spacial score (nSPS) is 20.1. The van der Waals surface area contributed by atoms with Crippen LogP contribution in [-0.2, 0) is 21.4 Å². The van der Waals surface area contributed by atoms with Crippen LogP contribution in [0.15, 0.2) is 44.4 Å². The minimum absolute atomic E-state index is 0.00629. The summed E-state index contributed by atoms with van der Waals surface area (Å²) < 4.78 is 41.3. The lowest BCUT2D eigenvalue weighted by molar-refractivity contribution is -0.126. The molecule has 1 amide bonds. The predicted molar refractivity (Wildman–Crippen MR) is 111 cm³/mol. The molecule has 1 aromatic carbocycles. The van der Waals surface area contributed by atoms with Crippen molar-refractivity contribution >= 4 is 43.2 Å². The Balaban J connectivity index is 1.41. The maximum Gasteiger partial charge on any atom is 0.250 e. The Kier molecular flexibility index (Phi) is 7.25. The second-order valence-electron chi connectivity index (χ2n) is 6.97. The van der Waals surface area contributed by atoms with Gasteiger partial charge in [-0.05, 0) is 77.4 Å². The van der Waals surface area contributed by atoms with Crippen molar-refractivity contribution in [3.05, 3.63) is 51.6 Å². The van der Waals surface area contributed by atoms with Gasteiger partial charge in [-0.15, -0.1) is 11.3 Å². The minimum Gasteiger partial charge on any atom is -0.352 e. The highest BCUT2D eigenvalue weighted by atomic mass is 79.9. The van der Waals surface area contributed by atoms with Crippen molar-refractivity contribution in [3.63, 3.8) is 0 Å². The average Bonchev–Trinajstić information content (AvgIpc) is 3.13. The van der Waals surface area contributed by atoms with E-state index in [0.717, 1.165) is 35.0 Å². The Bertz CT molecular complexity index is 908. The minimum atomic E-state index is -3.48. The summed E-state index contributed by atoms with van der Waals surface area (Å²) in [5, 5.41) is 2.91. The summed E-state index contributed by atoms with van der Waals surface area (Å²) in [5.41, 5.74) is 0.859. The summed E-state index contributed by atoms with van der Waals surface area (Å²) in [6.45, 7) is 0.775. The number of amides is 1. The van der Waals surface area contributed by atoms with Crippen LogP contribution >= 0.6 is 27.3 Å². The van der Waals surface area contributed by atoms with Gasteiger partial charge in [-0.3, -0.25) is 4.79 Å². The molecular formula is C19H22BrFN2O3S2. The van der Waals surface area contributed by atoms with E-state index in [4.69, 9.17) is 0 Å². The van der Waals surface area contributed by atoms with Crippen LogP contribution < -0.4 is 10.0 Å². The number of rotatable bonds is 7. The zero-order chi connectivity index (χ0) is 20.1. The smallest absolute Gasteiger partial charge is 0.250 e. The van der Waals surface area contributed by atoms with Crippen LogP contribution in [-0.4, -0.2) is 20.9 Å². The van der Waals surface area contributed by atoms with E-state index in [2.05, 4.69) is 26.0 Å². The van der Waals surface area contributed by atoms with Crippen molar-refractivity contribution in [1.82, 2.24) is 10.0 Å². The molecule has 1 fully saturated rings. The number of hydrogen-bond acceptors (Lipinski definition) is 4. The van der Waals surface area contributed by atoms with E-state index in [-0.39, 0.29) is 23.6 Å². The summed E-state index contributed by atoms with van der Waals surface area (Å²) in [6, 6.07) is 9.37. The molecule has 5 nitrogen and oxygen atoms in total. The zero-order valence-electron chi connectivity index (χ0n) is 15.2. The quantitative estimate of drug-likeness (QED) is 0.616. The molecule has 1 heterocycles. The predicted octanol–water partition coefficient (Wildman–Crippen LogP) is 4.05. The van der Waals surface area contributed by atoms with Gasteiger partial charge in [0.1, 0.15) is 10.0 Å². The molecule has 2 aromatic rings. The number of benzene rings is 1. The number of halogens is 2. The summed E-state index contributed by atoms with van der Waals surface area (Å²) in [5.74, 6) is -0.108. The van der Waals surface area contributed by atoms with Gasteiger partial charge in [0.2, 0.25) is 15.9 Å². The molecule has 0 unspecified atom stereocenters. The van der Waals surface area contributed by atoms with Gasteiger partial charge in [0.05, 0.1) is 3.79 Å². The number of thiophene rings is 1. The Hall–Kier alpha value is -1.29. The second-order valence-corrected chi connectivity index (χ2v) is 11.4. The number of carbonyl (C=O) groups is 1. The first kappa shape index (κ1) is 21.4. The van der Waals surface area contributed by atoms with E-state index >= 15 is 0 Å². The maximum atomic E-state index is 12.9. The molecule has 0 radical (unpaired) electrons. The van der Waals surface area contributed by atoms with E-state index in [0.29, 0.717) is 17.3 Å². The first-order valence-corrected chi connectivity index (χ1v) is 12.2. The van der Waals surface area contributed by atoms with Crippen LogP contribution in [0, 0.1) is 17.7 Å². The lowest BCUT2D eigenvalue weighted by Crippen LogP contribution is -2.35. The molecule has 0 saturated heterocycles. The number of hydrogen-bond donors (Lipinski definition) is 2. The molecule has 1 aromatic heterocycles. The summed E-state index contributed by atoms with van der Waals surface area (Å²) in [4.78, 5) is 12.3. The number of sulfonamides is 1. The van der Waals surface area contributed by atoms with E-state index in [1.807, 2.05) is 0 Å². The van der Waals surface area contributed by atoms with Gasteiger partial charge < -0.3 is 5.32 Å². The highest BCUT2D eigenvalue weighted by Crippen LogP contribution is 2.30. The van der Waals surface area contributed by atoms with Crippen LogP contribution in [0.5, 0.6) is 0 Å². The molecular weight excluding hydrogens is 467 g/mol. The maximum absolute atomic E-state index is 12.9. The fourth-order valence-corrected chi connectivity index (χ4v) is 6.48. The van der Waals surface area contributed by atoms with Crippen LogP contribution in [0.3, 0.4) is 0 Å². The highest BCUT2D eigenvalue weighted by molar-refractivity contribution is 9.11. The molecule has 0 aliphatic heterocycles. The van der Waals surface area contributed by atoms with Crippen molar-refractivity contribution < 1.29 is 17.6 Å². The van der Waals surface area contributed by atoms with Gasteiger partial charge >= 0.3 is 0 Å². The number of carbonyl (C=O) groups excluding carboxylic acids is 1. The van der Waals surface area contributed by atoms with Crippen molar-refractivity contribution in [2.24, 2.45) is 11.8 Å². The summed E-state index contributed by atoms with van der Waals surface area (Å²) in [6.07, 6.45) is 3.11. The molecule has 0 spiro atoms. The van der Waals surface area contributed by atoms with Gasteiger partial charge in [0.15, 0.2) is 0 Å². The molecule has 9 heteroatoms. The van der Waals surface area contributed by atoms with Crippen molar-refractivity contribution in [1.29, 1.82) is 0 Å². The van der Waals surface area contributed by atoms with Gasteiger partial charge in [-0.25, -0.2) is 17.5 Å². The van der Waals surface area contributed by atoms with Crippen molar-refractivity contribution in [2.75, 3.05) is 6.54 Å². The molecule has 0 bridgehead atoms. The SMILES string of the molecule is O=C(NCc1ccc(F)cc1)C1CCC(CNS(=O)(=O)c2ccc(Br)s2)CC1. The average molecular weight is 489 g/mol. The Labute approximate surface area is 176 Å². The summed E-state index contributed by atoms with van der Waals surface area (Å²) >= 11 is 4.46. The standard InChI is InChI=1S/C19H22BrFN2O3S2/c20-17-9-10-18(27-17)28(25,26)23-12-14-1-5-15(6-2-14)19(24)22-11-13-3-7-16(21)8-4-13/h3-4,7-10,14-15,23H,1-2,5-6,11-12H2,(H,22,24). The second kappa shape index (κ2) is 9.47. The molecule has 2 N–H and O–H groups in total. The molecule has 152 valence electrons. The molecule has 3 rings (SSSR count). The molecule has 28 heavy (non-hydrogen) atoms. The third-order valence-electron chi connectivity index (χ3n) is 4.97. The van der Waals surface area contributed by atoms with E-state index in [9.17, 15) is 17.6 Å². The Morgan fingerprint density at radius 2 is 1.79 bits per heavy atom. The van der Waals surface area contributed by atoms with Gasteiger partial charge in [-0.2, -0.15) is 0 Å². The van der Waals surface area contributed by atoms with Crippen molar-refractivity contribution in [3.8, 4) is 0 Å². The highest BCUT2D eigenvalue weighted by Gasteiger charge is 2.27. The fraction of sp³-hybridized carbons (Fsp3) is 0.421. The van der Waals surface area contributed by atoms with Crippen LogP contribution in [0.25, 0.3) is 0 Å². The molecule has 1 aliphatic rings. The zero-order valence-corrected chi connectivity index (χ0v) is 18.4. The topological polar surface area (TPSA) is 75.3 Å².